The van der Waals surface area contributed by atoms with Crippen molar-refractivity contribution in [2.24, 2.45) is 29.1 Å². The topological polar surface area (TPSA) is 0 Å². The summed E-state index contributed by atoms with van der Waals surface area (Å²) in [4.78, 5) is 0. The zero-order valence-corrected chi connectivity index (χ0v) is 22.6. The molecule has 0 aromatic heterocycles. The van der Waals surface area contributed by atoms with Crippen LogP contribution in [-0.4, -0.2) is 0 Å². The second-order valence-corrected chi connectivity index (χ2v) is 12.2. The first-order valence-corrected chi connectivity index (χ1v) is 14.7. The van der Waals surface area contributed by atoms with Crippen LogP contribution in [0.15, 0.2) is 42.5 Å². The lowest BCUT2D eigenvalue weighted by molar-refractivity contribution is -0.135. The van der Waals surface area contributed by atoms with Gasteiger partial charge in [0.15, 0.2) is 0 Å². The van der Waals surface area contributed by atoms with E-state index < -0.39 is 0 Å². The highest BCUT2D eigenvalue weighted by Gasteiger charge is 2.59. The van der Waals surface area contributed by atoms with Gasteiger partial charge >= 0.3 is 0 Å². The molecule has 0 saturated heterocycles. The zero-order valence-electron chi connectivity index (χ0n) is 22.6. The first kappa shape index (κ1) is 24.1. The van der Waals surface area contributed by atoms with Gasteiger partial charge in [-0.1, -0.05) is 89.9 Å². The molecule has 0 bridgehead atoms. The number of aryl methyl sites for hydroxylation is 3. The fourth-order valence-corrected chi connectivity index (χ4v) is 9.83. The molecular formula is C34H48. The normalized spacial score (nSPS) is 35.4. The van der Waals surface area contributed by atoms with Crippen LogP contribution >= 0.6 is 0 Å². The summed E-state index contributed by atoms with van der Waals surface area (Å²) in [6.07, 6.45) is 13.6. The number of rotatable bonds is 5. The largest absolute Gasteiger partial charge is 0.0620 e. The van der Waals surface area contributed by atoms with Crippen molar-refractivity contribution in [2.75, 3.05) is 0 Å². The fourth-order valence-electron chi connectivity index (χ4n) is 9.83. The van der Waals surface area contributed by atoms with Crippen molar-refractivity contribution in [3.8, 4) is 0 Å². The highest BCUT2D eigenvalue weighted by atomic mass is 14.6. The molecule has 3 fully saturated rings. The van der Waals surface area contributed by atoms with Crippen molar-refractivity contribution in [1.82, 2.24) is 0 Å². The Bertz CT molecular complexity index is 963. The highest BCUT2D eigenvalue weighted by Crippen LogP contribution is 2.68. The molecule has 4 unspecified atom stereocenters. The first-order valence-electron chi connectivity index (χ1n) is 14.7. The van der Waals surface area contributed by atoms with Crippen LogP contribution in [0.25, 0.3) is 0 Å². The smallest absolute Gasteiger partial charge is 0.0151 e. The highest BCUT2D eigenvalue weighted by molar-refractivity contribution is 5.40. The molecule has 184 valence electrons. The van der Waals surface area contributed by atoms with E-state index in [4.69, 9.17) is 0 Å². The van der Waals surface area contributed by atoms with E-state index in [1.165, 1.54) is 64.2 Å². The van der Waals surface area contributed by atoms with Gasteiger partial charge in [-0.05, 0) is 120 Å². The molecule has 0 aliphatic heterocycles. The maximum absolute atomic E-state index is 2.68. The Labute approximate surface area is 209 Å². The maximum Gasteiger partial charge on any atom is -0.0151 e. The SMILES string of the molecule is CCc1ccccc1C1CC2CCCC(C)C23[C@H](C1)C[C@H](c1c(CC)cccc1CC)C[C@@H]3C. The van der Waals surface area contributed by atoms with E-state index in [0.29, 0.717) is 5.41 Å². The molecule has 2 aromatic carbocycles. The molecule has 3 aliphatic carbocycles. The zero-order chi connectivity index (χ0) is 23.9. The van der Waals surface area contributed by atoms with Crippen LogP contribution in [0.1, 0.15) is 119 Å². The third-order valence-corrected chi connectivity index (χ3v) is 11.0. The fraction of sp³-hybridized carbons (Fsp3) is 0.647. The molecule has 0 radical (unpaired) electrons. The molecule has 0 amide bonds. The molecule has 5 rings (SSSR count). The van der Waals surface area contributed by atoms with Gasteiger partial charge in [-0.3, -0.25) is 0 Å². The van der Waals surface area contributed by atoms with Gasteiger partial charge in [0.2, 0.25) is 0 Å². The van der Waals surface area contributed by atoms with E-state index in [-0.39, 0.29) is 0 Å². The lowest BCUT2D eigenvalue weighted by Gasteiger charge is -2.64. The Kier molecular flexibility index (Phi) is 6.98. The van der Waals surface area contributed by atoms with E-state index in [1.807, 2.05) is 0 Å². The van der Waals surface area contributed by atoms with Crippen LogP contribution in [0.5, 0.6) is 0 Å². The van der Waals surface area contributed by atoms with Crippen LogP contribution in [-0.2, 0) is 19.3 Å². The van der Waals surface area contributed by atoms with Gasteiger partial charge in [0, 0.05) is 0 Å². The summed E-state index contributed by atoms with van der Waals surface area (Å²) in [5, 5.41) is 0. The van der Waals surface area contributed by atoms with Gasteiger partial charge in [0.1, 0.15) is 0 Å². The summed E-state index contributed by atoms with van der Waals surface area (Å²) >= 11 is 0. The van der Waals surface area contributed by atoms with E-state index >= 15 is 0 Å². The minimum absolute atomic E-state index is 0.583. The predicted molar refractivity (Wildman–Crippen MR) is 147 cm³/mol. The molecule has 3 aliphatic rings. The van der Waals surface area contributed by atoms with Gasteiger partial charge in [0.25, 0.3) is 0 Å². The molecule has 2 aromatic rings. The van der Waals surface area contributed by atoms with Gasteiger partial charge in [0.05, 0.1) is 0 Å². The summed E-state index contributed by atoms with van der Waals surface area (Å²) in [5.41, 5.74) is 8.89. The molecule has 34 heavy (non-hydrogen) atoms. The minimum atomic E-state index is 0.583. The molecule has 0 heterocycles. The molecule has 3 saturated carbocycles. The Morgan fingerprint density at radius 1 is 0.647 bits per heavy atom. The Morgan fingerprint density at radius 3 is 1.97 bits per heavy atom. The molecular weight excluding hydrogens is 408 g/mol. The minimum Gasteiger partial charge on any atom is -0.0620 e. The second-order valence-electron chi connectivity index (χ2n) is 12.2. The average Bonchev–Trinajstić information content (AvgIpc) is 2.87. The lowest BCUT2D eigenvalue weighted by Crippen LogP contribution is -2.56. The van der Waals surface area contributed by atoms with Crippen molar-refractivity contribution in [3.63, 3.8) is 0 Å². The first-order chi connectivity index (χ1) is 16.5. The molecule has 0 heteroatoms. The van der Waals surface area contributed by atoms with Crippen molar-refractivity contribution in [3.05, 3.63) is 70.3 Å². The van der Waals surface area contributed by atoms with Crippen LogP contribution < -0.4 is 0 Å². The van der Waals surface area contributed by atoms with E-state index in [1.54, 1.807) is 27.8 Å². The summed E-state index contributed by atoms with van der Waals surface area (Å²) in [7, 11) is 0. The van der Waals surface area contributed by atoms with Crippen molar-refractivity contribution in [1.29, 1.82) is 0 Å². The van der Waals surface area contributed by atoms with Gasteiger partial charge < -0.3 is 0 Å². The van der Waals surface area contributed by atoms with Crippen LogP contribution in [0.3, 0.4) is 0 Å². The Balaban J connectivity index is 1.55. The van der Waals surface area contributed by atoms with Crippen molar-refractivity contribution < 1.29 is 0 Å². The number of benzene rings is 2. The summed E-state index contributed by atoms with van der Waals surface area (Å²) in [6, 6.07) is 16.6. The summed E-state index contributed by atoms with van der Waals surface area (Å²) < 4.78 is 0. The second kappa shape index (κ2) is 9.83. The molecule has 7 atom stereocenters. The Morgan fingerprint density at radius 2 is 1.26 bits per heavy atom. The average molecular weight is 457 g/mol. The van der Waals surface area contributed by atoms with E-state index in [9.17, 15) is 0 Å². The van der Waals surface area contributed by atoms with Crippen LogP contribution in [0.4, 0.5) is 0 Å². The summed E-state index contributed by atoms with van der Waals surface area (Å²) in [5.74, 6) is 5.05. The molecule has 0 N–H and O–H groups in total. The van der Waals surface area contributed by atoms with Gasteiger partial charge in [-0.2, -0.15) is 0 Å². The third-order valence-electron chi connectivity index (χ3n) is 11.0. The molecule has 0 nitrogen and oxygen atoms in total. The predicted octanol–water partition coefficient (Wildman–Crippen LogP) is 9.50. The summed E-state index contributed by atoms with van der Waals surface area (Å²) in [6.45, 7) is 12.4. The van der Waals surface area contributed by atoms with Gasteiger partial charge in [-0.15, -0.1) is 0 Å². The van der Waals surface area contributed by atoms with E-state index in [0.717, 1.165) is 35.5 Å². The van der Waals surface area contributed by atoms with Crippen molar-refractivity contribution >= 4 is 0 Å². The van der Waals surface area contributed by atoms with Crippen molar-refractivity contribution in [2.45, 2.75) is 111 Å². The standard InChI is InChI=1S/C34H48/c1-6-25-14-9-10-18-32(25)28-20-30-17-11-13-23(4)34(30)24(5)19-29(22-31(34)21-28)33-26(7-2)15-12-16-27(33)8-3/h9-10,12,14-16,18,23-24,28-31H,6-8,11,13,17,19-22H2,1-5H3/t23?,24-,28?,29+,30?,31+,34?/m0/s1. The lowest BCUT2D eigenvalue weighted by atomic mass is 9.40. The van der Waals surface area contributed by atoms with Crippen LogP contribution in [0, 0.1) is 29.1 Å². The number of hydrogen-bond donors (Lipinski definition) is 0. The molecule has 1 spiro atoms. The van der Waals surface area contributed by atoms with E-state index in [2.05, 4.69) is 77.1 Å². The van der Waals surface area contributed by atoms with Gasteiger partial charge in [-0.25, -0.2) is 0 Å². The Hall–Kier alpha value is -1.56. The quantitative estimate of drug-likeness (QED) is 0.420. The monoisotopic (exact) mass is 456 g/mol. The van der Waals surface area contributed by atoms with Crippen LogP contribution in [0.2, 0.25) is 0 Å². The maximum atomic E-state index is 2.68. The third kappa shape index (κ3) is 3.79. The number of hydrogen-bond acceptors (Lipinski definition) is 0.